The molecule has 3 aromatic rings. The third-order valence-corrected chi connectivity index (χ3v) is 6.78. The summed E-state index contributed by atoms with van der Waals surface area (Å²) in [6, 6.07) is 14.2. The summed E-state index contributed by atoms with van der Waals surface area (Å²) in [5, 5.41) is 0. The average Bonchev–Trinajstić information content (AvgIpc) is 3.42. The van der Waals surface area contributed by atoms with Gasteiger partial charge in [-0.05, 0) is 43.5 Å². The Morgan fingerprint density at radius 2 is 1.94 bits per heavy atom. The van der Waals surface area contributed by atoms with Gasteiger partial charge in [0.1, 0.15) is 11.9 Å². The first-order chi connectivity index (χ1) is 16.0. The molecule has 1 atom stereocenters. The van der Waals surface area contributed by atoms with Gasteiger partial charge in [0.15, 0.2) is 11.6 Å². The summed E-state index contributed by atoms with van der Waals surface area (Å²) < 4.78 is 28.0. The number of amides is 1. The van der Waals surface area contributed by atoms with Crippen LogP contribution in [0.5, 0.6) is 5.75 Å². The molecule has 0 saturated carbocycles. The van der Waals surface area contributed by atoms with Crippen LogP contribution in [0.25, 0.3) is 0 Å². The largest absolute Gasteiger partial charge is 0.485 e. The number of likely N-dealkylation sites (tertiary alicyclic amines) is 1. The predicted molar refractivity (Wildman–Crippen MR) is 122 cm³/mol. The zero-order chi connectivity index (χ0) is 22.8. The zero-order valence-corrected chi connectivity index (χ0v) is 18.7. The second-order valence-corrected chi connectivity index (χ2v) is 8.92. The molecule has 6 nitrogen and oxygen atoms in total. The number of hydrogen-bond acceptors (Lipinski definition) is 4. The number of ether oxygens (including phenoxy) is 2. The van der Waals surface area contributed by atoms with Crippen molar-refractivity contribution in [2.75, 3.05) is 19.7 Å². The molecular formula is C26H28FN3O3. The number of carbonyl (C=O) groups excluding carboxylic acids is 1. The number of carbonyl (C=O) groups is 1. The molecule has 0 N–H and O–H groups in total. The highest BCUT2D eigenvalue weighted by atomic mass is 19.1. The van der Waals surface area contributed by atoms with E-state index in [0.717, 1.165) is 29.8 Å². The summed E-state index contributed by atoms with van der Waals surface area (Å²) >= 11 is 0. The molecule has 1 amide bonds. The predicted octanol–water partition coefficient (Wildman–Crippen LogP) is 4.22. The van der Waals surface area contributed by atoms with Gasteiger partial charge < -0.3 is 18.9 Å². The number of para-hydroxylation sites is 1. The molecular weight excluding hydrogens is 421 g/mol. The summed E-state index contributed by atoms with van der Waals surface area (Å²) in [4.78, 5) is 19.6. The van der Waals surface area contributed by atoms with Crippen molar-refractivity contribution < 1.29 is 18.7 Å². The highest BCUT2D eigenvalue weighted by Gasteiger charge is 2.44. The van der Waals surface area contributed by atoms with E-state index in [-0.39, 0.29) is 29.2 Å². The summed E-state index contributed by atoms with van der Waals surface area (Å²) in [5.74, 6) is 0.877. The number of piperidine rings is 1. The molecule has 0 bridgehead atoms. The molecule has 2 aliphatic heterocycles. The van der Waals surface area contributed by atoms with Gasteiger partial charge in [0.25, 0.3) is 5.91 Å². The molecule has 0 unspecified atom stereocenters. The second kappa shape index (κ2) is 8.98. The maximum Gasteiger partial charge on any atom is 0.254 e. The third-order valence-electron chi connectivity index (χ3n) is 6.78. The number of nitrogens with zero attached hydrogens (tertiary/aromatic N) is 3. The Balaban J connectivity index is 1.22. The molecule has 33 heavy (non-hydrogen) atoms. The van der Waals surface area contributed by atoms with Crippen LogP contribution in [-0.2, 0) is 11.3 Å². The lowest BCUT2D eigenvalue weighted by Crippen LogP contribution is -2.46. The van der Waals surface area contributed by atoms with E-state index >= 15 is 0 Å². The minimum absolute atomic E-state index is 0.0513. The number of halogens is 1. The fraction of sp³-hybridized carbons (Fsp3) is 0.385. The van der Waals surface area contributed by atoms with Gasteiger partial charge in [-0.2, -0.15) is 0 Å². The Bertz CT molecular complexity index is 1140. The topological polar surface area (TPSA) is 56.6 Å². The van der Waals surface area contributed by atoms with E-state index in [1.807, 2.05) is 46.9 Å². The van der Waals surface area contributed by atoms with E-state index < -0.39 is 0 Å². The molecule has 0 radical (unpaired) electrons. The van der Waals surface area contributed by atoms with Crippen LogP contribution in [-0.4, -0.2) is 51.8 Å². The lowest BCUT2D eigenvalue weighted by atomic mass is 9.87. The van der Waals surface area contributed by atoms with Crippen molar-refractivity contribution in [2.45, 2.75) is 44.4 Å². The molecule has 172 valence electrons. The van der Waals surface area contributed by atoms with Gasteiger partial charge in [-0.15, -0.1) is 0 Å². The minimum atomic E-state index is -0.358. The third kappa shape index (κ3) is 4.50. The number of imidazole rings is 1. The quantitative estimate of drug-likeness (QED) is 0.585. The molecule has 0 aliphatic carbocycles. The number of rotatable bonds is 5. The van der Waals surface area contributed by atoms with Crippen molar-refractivity contribution in [2.24, 2.45) is 0 Å². The van der Waals surface area contributed by atoms with Crippen LogP contribution in [0.15, 0.2) is 60.9 Å². The Labute approximate surface area is 193 Å². The highest BCUT2D eigenvalue weighted by Crippen LogP contribution is 2.38. The normalized spacial score (nSPS) is 19.7. The van der Waals surface area contributed by atoms with Crippen LogP contribution in [0, 0.1) is 12.7 Å². The fourth-order valence-electron chi connectivity index (χ4n) is 4.86. The van der Waals surface area contributed by atoms with Crippen molar-refractivity contribution in [3.63, 3.8) is 0 Å². The molecule has 2 saturated heterocycles. The maximum atomic E-state index is 13.9. The minimum Gasteiger partial charge on any atom is -0.485 e. The Hall–Kier alpha value is -3.19. The first-order valence-corrected chi connectivity index (χ1v) is 11.4. The van der Waals surface area contributed by atoms with E-state index in [2.05, 4.69) is 4.98 Å². The van der Waals surface area contributed by atoms with Crippen LogP contribution in [0.4, 0.5) is 4.39 Å². The van der Waals surface area contributed by atoms with Crippen LogP contribution in [0.2, 0.25) is 0 Å². The van der Waals surface area contributed by atoms with E-state index in [1.54, 1.807) is 24.4 Å². The molecule has 3 heterocycles. The van der Waals surface area contributed by atoms with Crippen molar-refractivity contribution >= 4 is 5.91 Å². The Kier molecular flexibility index (Phi) is 5.89. The standard InChI is InChI=1S/C26H28FN3O3/c1-19-28-12-15-30(19)17-20-6-2-3-7-22(20)25(31)29-13-10-26(11-14-29)16-21(18-32-26)33-24-9-5-4-8-23(24)27/h2-9,12,15,21H,10-11,13-14,16-18H2,1H3/t21-/m1/s1. The van der Waals surface area contributed by atoms with Crippen LogP contribution >= 0.6 is 0 Å². The fourth-order valence-corrected chi connectivity index (χ4v) is 4.86. The zero-order valence-electron chi connectivity index (χ0n) is 18.7. The molecule has 2 aromatic carbocycles. The highest BCUT2D eigenvalue weighted by molar-refractivity contribution is 5.95. The number of benzene rings is 2. The summed E-state index contributed by atoms with van der Waals surface area (Å²) in [7, 11) is 0. The molecule has 2 aliphatic rings. The van der Waals surface area contributed by atoms with Crippen LogP contribution < -0.4 is 4.74 Å². The molecule has 1 aromatic heterocycles. The maximum absolute atomic E-state index is 13.9. The molecule has 5 rings (SSSR count). The second-order valence-electron chi connectivity index (χ2n) is 8.92. The number of hydrogen-bond donors (Lipinski definition) is 0. The van der Waals surface area contributed by atoms with Gasteiger partial charge in [-0.25, -0.2) is 9.37 Å². The molecule has 7 heteroatoms. The summed E-state index contributed by atoms with van der Waals surface area (Å²) in [5.41, 5.74) is 1.41. The van der Waals surface area contributed by atoms with Crippen molar-refractivity contribution in [3.8, 4) is 5.75 Å². The van der Waals surface area contributed by atoms with E-state index in [9.17, 15) is 9.18 Å². The average molecular weight is 450 g/mol. The van der Waals surface area contributed by atoms with Crippen molar-refractivity contribution in [1.82, 2.24) is 14.5 Å². The van der Waals surface area contributed by atoms with Gasteiger partial charge >= 0.3 is 0 Å². The van der Waals surface area contributed by atoms with E-state index in [1.165, 1.54) is 6.07 Å². The monoisotopic (exact) mass is 449 g/mol. The summed E-state index contributed by atoms with van der Waals surface area (Å²) in [6.45, 7) is 4.27. The van der Waals surface area contributed by atoms with Gasteiger partial charge in [-0.3, -0.25) is 4.79 Å². The number of aromatic nitrogens is 2. The van der Waals surface area contributed by atoms with Crippen LogP contribution in [0.1, 0.15) is 41.0 Å². The molecule has 1 spiro atoms. The van der Waals surface area contributed by atoms with Gasteiger partial charge in [0.05, 0.1) is 12.2 Å². The summed E-state index contributed by atoms with van der Waals surface area (Å²) in [6.07, 6.45) is 5.73. The van der Waals surface area contributed by atoms with Gasteiger partial charge in [-0.1, -0.05) is 30.3 Å². The Morgan fingerprint density at radius 1 is 1.18 bits per heavy atom. The van der Waals surface area contributed by atoms with Gasteiger partial charge in [0, 0.05) is 44.0 Å². The van der Waals surface area contributed by atoms with E-state index in [4.69, 9.17) is 9.47 Å². The van der Waals surface area contributed by atoms with E-state index in [0.29, 0.717) is 32.7 Å². The van der Waals surface area contributed by atoms with Crippen molar-refractivity contribution in [1.29, 1.82) is 0 Å². The van der Waals surface area contributed by atoms with Crippen molar-refractivity contribution in [3.05, 3.63) is 83.7 Å². The smallest absolute Gasteiger partial charge is 0.254 e. The Morgan fingerprint density at radius 3 is 2.70 bits per heavy atom. The van der Waals surface area contributed by atoms with Crippen LogP contribution in [0.3, 0.4) is 0 Å². The first-order valence-electron chi connectivity index (χ1n) is 11.4. The number of aryl methyl sites for hydroxylation is 1. The first kappa shape index (κ1) is 21.6. The van der Waals surface area contributed by atoms with Gasteiger partial charge in [0.2, 0.25) is 0 Å². The lowest BCUT2D eigenvalue weighted by Gasteiger charge is -2.38. The lowest BCUT2D eigenvalue weighted by molar-refractivity contribution is -0.0396. The SMILES string of the molecule is Cc1nccn1Cc1ccccc1C(=O)N1CCC2(CC1)C[C@@H](Oc1ccccc1F)CO2. The molecule has 2 fully saturated rings.